The van der Waals surface area contributed by atoms with Gasteiger partial charge in [-0.1, -0.05) is 48.5 Å². The summed E-state index contributed by atoms with van der Waals surface area (Å²) in [6.07, 6.45) is 2.10. The molecule has 3 N–H and O–H groups in total. The van der Waals surface area contributed by atoms with E-state index in [1.54, 1.807) is 11.8 Å². The molecule has 184 valence electrons. The minimum atomic E-state index is -0.863. The van der Waals surface area contributed by atoms with Crippen LogP contribution in [0.2, 0.25) is 0 Å². The van der Waals surface area contributed by atoms with Gasteiger partial charge in [-0.2, -0.15) is 11.8 Å². The van der Waals surface area contributed by atoms with Crippen LogP contribution in [-0.2, 0) is 14.3 Å². The maximum Gasteiger partial charge on any atom is 0.407 e. The Bertz CT molecular complexity index is 1090. The summed E-state index contributed by atoms with van der Waals surface area (Å²) in [6.45, 7) is 0.356. The van der Waals surface area contributed by atoms with Gasteiger partial charge >= 0.3 is 12.1 Å². The van der Waals surface area contributed by atoms with Gasteiger partial charge in [-0.25, -0.2) is 4.79 Å². The SMILES string of the molecule is O=C(CC1(NC(=O)OCC2c3ccccc3-c3ccccc32)CCSCC1)NCC1(C(=O)O)CC1. The van der Waals surface area contributed by atoms with Crippen LogP contribution in [0.3, 0.4) is 0 Å². The molecular weight excluding hydrogens is 464 g/mol. The van der Waals surface area contributed by atoms with Crippen molar-refractivity contribution in [1.82, 2.24) is 10.6 Å². The van der Waals surface area contributed by atoms with Crippen molar-refractivity contribution < 1.29 is 24.2 Å². The highest BCUT2D eigenvalue weighted by Gasteiger charge is 2.50. The van der Waals surface area contributed by atoms with Crippen LogP contribution < -0.4 is 10.6 Å². The Morgan fingerprint density at radius 3 is 2.11 bits per heavy atom. The van der Waals surface area contributed by atoms with Crippen LogP contribution in [0.15, 0.2) is 48.5 Å². The molecule has 5 rings (SSSR count). The predicted molar refractivity (Wildman–Crippen MR) is 134 cm³/mol. The van der Waals surface area contributed by atoms with E-state index in [9.17, 15) is 19.5 Å². The predicted octanol–water partition coefficient (Wildman–Crippen LogP) is 4.16. The number of hydrogen-bond donors (Lipinski definition) is 3. The van der Waals surface area contributed by atoms with Crippen LogP contribution in [0.25, 0.3) is 11.1 Å². The minimum absolute atomic E-state index is 0.0277. The summed E-state index contributed by atoms with van der Waals surface area (Å²) in [4.78, 5) is 37.1. The number of aliphatic carboxylic acids is 1. The van der Waals surface area contributed by atoms with Gasteiger partial charge in [0, 0.05) is 18.9 Å². The largest absolute Gasteiger partial charge is 0.481 e. The molecule has 35 heavy (non-hydrogen) atoms. The number of ether oxygens (including phenoxy) is 1. The second-order valence-electron chi connectivity index (χ2n) is 9.88. The third-order valence-corrected chi connectivity index (χ3v) is 8.58. The fourth-order valence-electron chi connectivity index (χ4n) is 5.21. The number of nitrogens with one attached hydrogen (secondary N) is 2. The molecule has 1 heterocycles. The van der Waals surface area contributed by atoms with E-state index in [2.05, 4.69) is 34.9 Å². The lowest BCUT2D eigenvalue weighted by molar-refractivity contribution is -0.143. The Kier molecular flexibility index (Phi) is 6.49. The van der Waals surface area contributed by atoms with Gasteiger partial charge in [-0.05, 0) is 59.4 Å². The van der Waals surface area contributed by atoms with Crippen molar-refractivity contribution >= 4 is 29.7 Å². The van der Waals surface area contributed by atoms with E-state index in [-0.39, 0.29) is 31.4 Å². The first-order chi connectivity index (χ1) is 16.9. The first-order valence-electron chi connectivity index (χ1n) is 12.1. The molecule has 0 radical (unpaired) electrons. The van der Waals surface area contributed by atoms with Crippen molar-refractivity contribution in [2.45, 2.75) is 43.6 Å². The Morgan fingerprint density at radius 2 is 1.54 bits per heavy atom. The summed E-state index contributed by atoms with van der Waals surface area (Å²) in [5.41, 5.74) is 3.14. The van der Waals surface area contributed by atoms with E-state index in [0.29, 0.717) is 25.7 Å². The molecule has 2 aromatic rings. The lowest BCUT2D eigenvalue weighted by Gasteiger charge is -2.37. The quantitative estimate of drug-likeness (QED) is 0.509. The van der Waals surface area contributed by atoms with Crippen LogP contribution >= 0.6 is 11.8 Å². The van der Waals surface area contributed by atoms with Gasteiger partial charge in [0.05, 0.1) is 11.0 Å². The molecule has 7 nitrogen and oxygen atoms in total. The van der Waals surface area contributed by atoms with Crippen molar-refractivity contribution in [3.63, 3.8) is 0 Å². The highest BCUT2D eigenvalue weighted by atomic mass is 32.2. The molecule has 2 aliphatic carbocycles. The standard InChI is InChI=1S/C27H30N2O5S/c30-23(28-17-26(9-10-26)24(31)32)15-27(11-13-35-14-12-27)29-25(33)34-16-22-20-7-3-1-5-18(20)19-6-2-4-8-21(19)22/h1-8,22H,9-17H2,(H,28,30)(H,29,33)(H,31,32). The van der Waals surface area contributed by atoms with Gasteiger partial charge in [0.1, 0.15) is 6.61 Å². The Balaban J connectivity index is 1.22. The maximum atomic E-state index is 12.9. The number of benzene rings is 2. The third kappa shape index (κ3) is 4.89. The lowest BCUT2D eigenvalue weighted by Crippen LogP contribution is -2.54. The minimum Gasteiger partial charge on any atom is -0.481 e. The molecule has 8 heteroatoms. The van der Waals surface area contributed by atoms with Crippen LogP contribution in [0.4, 0.5) is 4.79 Å². The van der Waals surface area contributed by atoms with Crippen LogP contribution in [0, 0.1) is 5.41 Å². The molecule has 2 amide bonds. The zero-order valence-electron chi connectivity index (χ0n) is 19.5. The summed E-state index contributed by atoms with van der Waals surface area (Å²) < 4.78 is 5.74. The van der Waals surface area contributed by atoms with Crippen molar-refractivity contribution in [3.05, 3.63) is 59.7 Å². The average molecular weight is 495 g/mol. The van der Waals surface area contributed by atoms with E-state index >= 15 is 0 Å². The van der Waals surface area contributed by atoms with Gasteiger partial charge in [0.2, 0.25) is 5.91 Å². The second kappa shape index (κ2) is 9.57. The summed E-state index contributed by atoms with van der Waals surface area (Å²) in [5.74, 6) is 0.563. The molecular formula is C27H30N2O5S. The number of carbonyl (C=O) groups excluding carboxylic acids is 2. The molecule has 2 aromatic carbocycles. The molecule has 0 aromatic heterocycles. The number of alkyl carbamates (subject to hydrolysis) is 1. The fourth-order valence-corrected chi connectivity index (χ4v) is 6.49. The number of rotatable bonds is 8. The highest BCUT2D eigenvalue weighted by molar-refractivity contribution is 7.99. The number of carboxylic acids is 1. The van der Waals surface area contributed by atoms with Crippen LogP contribution in [-0.4, -0.2) is 53.3 Å². The normalized spacial score (nSPS) is 19.2. The molecule has 0 unspecified atom stereocenters. The van der Waals surface area contributed by atoms with Gasteiger partial charge in [0.15, 0.2) is 0 Å². The molecule has 1 saturated heterocycles. The molecule has 2 fully saturated rings. The summed E-state index contributed by atoms with van der Waals surface area (Å²) in [5, 5.41) is 15.2. The summed E-state index contributed by atoms with van der Waals surface area (Å²) >= 11 is 1.80. The van der Waals surface area contributed by atoms with Gasteiger partial charge in [-0.15, -0.1) is 0 Å². The van der Waals surface area contributed by atoms with Crippen molar-refractivity contribution in [1.29, 1.82) is 0 Å². The highest BCUT2D eigenvalue weighted by Crippen LogP contribution is 2.46. The summed E-state index contributed by atoms with van der Waals surface area (Å²) in [6, 6.07) is 16.4. The Labute approximate surface area is 209 Å². The number of thioether (sulfide) groups is 1. The molecule has 0 bridgehead atoms. The first-order valence-corrected chi connectivity index (χ1v) is 13.3. The molecule has 1 aliphatic heterocycles. The monoisotopic (exact) mass is 494 g/mol. The smallest absolute Gasteiger partial charge is 0.407 e. The fraction of sp³-hybridized carbons (Fsp3) is 0.444. The van der Waals surface area contributed by atoms with Crippen molar-refractivity contribution in [3.8, 4) is 11.1 Å². The Hall–Kier alpha value is -3.00. The van der Waals surface area contributed by atoms with Crippen molar-refractivity contribution in [2.24, 2.45) is 5.41 Å². The van der Waals surface area contributed by atoms with Gasteiger partial charge in [-0.3, -0.25) is 9.59 Å². The zero-order valence-corrected chi connectivity index (χ0v) is 20.4. The molecule has 0 spiro atoms. The van der Waals surface area contributed by atoms with Gasteiger partial charge in [0.25, 0.3) is 0 Å². The Morgan fingerprint density at radius 1 is 0.943 bits per heavy atom. The van der Waals surface area contributed by atoms with E-state index in [1.165, 1.54) is 11.1 Å². The lowest BCUT2D eigenvalue weighted by atomic mass is 9.88. The summed E-state index contributed by atoms with van der Waals surface area (Å²) in [7, 11) is 0. The van der Waals surface area contributed by atoms with Crippen LogP contribution in [0.5, 0.6) is 0 Å². The van der Waals surface area contributed by atoms with Gasteiger partial charge < -0.3 is 20.5 Å². The van der Waals surface area contributed by atoms with E-state index in [0.717, 1.165) is 22.6 Å². The topological polar surface area (TPSA) is 105 Å². The number of carbonyl (C=O) groups is 3. The first kappa shape index (κ1) is 23.7. The van der Waals surface area contributed by atoms with E-state index < -0.39 is 23.0 Å². The van der Waals surface area contributed by atoms with E-state index in [1.807, 2.05) is 24.3 Å². The third-order valence-electron chi connectivity index (χ3n) is 7.59. The van der Waals surface area contributed by atoms with E-state index in [4.69, 9.17) is 4.74 Å². The number of amides is 2. The second-order valence-corrected chi connectivity index (χ2v) is 11.1. The number of carboxylic acid groups (broad SMARTS) is 1. The number of hydrogen-bond acceptors (Lipinski definition) is 5. The average Bonchev–Trinajstić information content (AvgIpc) is 3.59. The van der Waals surface area contributed by atoms with Crippen molar-refractivity contribution in [2.75, 3.05) is 24.7 Å². The molecule has 1 saturated carbocycles. The number of fused-ring (bicyclic) bond motifs is 3. The molecule has 3 aliphatic rings. The molecule has 0 atom stereocenters. The van der Waals surface area contributed by atoms with Crippen LogP contribution in [0.1, 0.15) is 49.1 Å². The zero-order chi connectivity index (χ0) is 24.5. The maximum absolute atomic E-state index is 12.9.